The Labute approximate surface area is 157 Å². The van der Waals surface area contributed by atoms with Gasteiger partial charge >= 0.3 is 0 Å². The van der Waals surface area contributed by atoms with Gasteiger partial charge in [-0.15, -0.1) is 10.2 Å². The zero-order valence-electron chi connectivity index (χ0n) is 15.3. The monoisotopic (exact) mass is 367 g/mol. The molecule has 0 saturated carbocycles. The number of aromatic nitrogens is 2. The number of nitrogens with one attached hydrogen (secondary N) is 1. The van der Waals surface area contributed by atoms with Crippen molar-refractivity contribution in [2.45, 2.75) is 32.9 Å². The lowest BCUT2D eigenvalue weighted by molar-refractivity contribution is -0.113. The SMILES string of the molecule is Cc1ccc(NC(=O)CSc2nnc(-c3ccc(C)c(C)c3)o2)c(C)c1. The first kappa shape index (κ1) is 18.2. The second-order valence-electron chi connectivity index (χ2n) is 6.33. The van der Waals surface area contributed by atoms with E-state index >= 15 is 0 Å². The predicted molar refractivity (Wildman–Crippen MR) is 104 cm³/mol. The normalized spacial score (nSPS) is 10.8. The van der Waals surface area contributed by atoms with Crippen LogP contribution in [0.5, 0.6) is 0 Å². The van der Waals surface area contributed by atoms with Gasteiger partial charge in [0.05, 0.1) is 5.75 Å². The van der Waals surface area contributed by atoms with Crippen LogP contribution in [-0.2, 0) is 4.79 Å². The lowest BCUT2D eigenvalue weighted by Gasteiger charge is -2.08. The van der Waals surface area contributed by atoms with Crippen LogP contribution in [-0.4, -0.2) is 21.9 Å². The van der Waals surface area contributed by atoms with E-state index in [1.165, 1.54) is 28.5 Å². The molecule has 3 rings (SSSR count). The Kier molecular flexibility index (Phi) is 5.42. The molecule has 0 spiro atoms. The standard InChI is InChI=1S/C20H21N3O2S/c1-12-5-8-17(15(4)9-12)21-18(24)11-26-20-23-22-19(25-20)16-7-6-13(2)14(3)10-16/h5-10H,11H2,1-4H3,(H,21,24). The number of rotatable bonds is 5. The Morgan fingerprint density at radius 1 is 1.00 bits per heavy atom. The van der Waals surface area contributed by atoms with Gasteiger partial charge in [0.1, 0.15) is 0 Å². The van der Waals surface area contributed by atoms with E-state index in [-0.39, 0.29) is 11.7 Å². The highest BCUT2D eigenvalue weighted by Gasteiger charge is 2.12. The maximum atomic E-state index is 12.2. The molecule has 0 unspecified atom stereocenters. The summed E-state index contributed by atoms with van der Waals surface area (Å²) in [6, 6.07) is 11.9. The zero-order valence-corrected chi connectivity index (χ0v) is 16.1. The molecule has 0 aliphatic heterocycles. The molecule has 0 radical (unpaired) electrons. The van der Waals surface area contributed by atoms with Crippen LogP contribution < -0.4 is 5.32 Å². The number of hydrogen-bond donors (Lipinski definition) is 1. The van der Waals surface area contributed by atoms with Gasteiger partial charge in [0.2, 0.25) is 11.8 Å². The molecule has 1 amide bonds. The molecule has 26 heavy (non-hydrogen) atoms. The minimum Gasteiger partial charge on any atom is -0.411 e. The quantitative estimate of drug-likeness (QED) is 0.662. The third kappa shape index (κ3) is 4.32. The highest BCUT2D eigenvalue weighted by Crippen LogP contribution is 2.25. The number of benzene rings is 2. The molecule has 0 aliphatic carbocycles. The summed E-state index contributed by atoms with van der Waals surface area (Å²) in [5.74, 6) is 0.570. The average molecular weight is 367 g/mol. The smallest absolute Gasteiger partial charge is 0.277 e. The van der Waals surface area contributed by atoms with Gasteiger partial charge in [0, 0.05) is 11.3 Å². The van der Waals surface area contributed by atoms with Crippen molar-refractivity contribution in [3.63, 3.8) is 0 Å². The number of hydrogen-bond acceptors (Lipinski definition) is 5. The maximum Gasteiger partial charge on any atom is 0.277 e. The molecule has 3 aromatic rings. The molecule has 6 heteroatoms. The van der Waals surface area contributed by atoms with Gasteiger partial charge in [-0.3, -0.25) is 4.79 Å². The van der Waals surface area contributed by atoms with Gasteiger partial charge in [-0.05, 0) is 62.6 Å². The number of nitrogens with zero attached hydrogens (tertiary/aromatic N) is 2. The summed E-state index contributed by atoms with van der Waals surface area (Å²) in [6.07, 6.45) is 0. The van der Waals surface area contributed by atoms with Gasteiger partial charge in [0.15, 0.2) is 0 Å². The molecule has 2 aromatic carbocycles. The maximum absolute atomic E-state index is 12.2. The first-order chi connectivity index (χ1) is 12.4. The Morgan fingerprint density at radius 3 is 2.54 bits per heavy atom. The average Bonchev–Trinajstić information content (AvgIpc) is 3.07. The fourth-order valence-corrected chi connectivity index (χ4v) is 3.09. The van der Waals surface area contributed by atoms with Crippen LogP contribution in [0.1, 0.15) is 22.3 Å². The second-order valence-corrected chi connectivity index (χ2v) is 7.25. The molecule has 1 N–H and O–H groups in total. The van der Waals surface area contributed by atoms with E-state index < -0.39 is 0 Å². The van der Waals surface area contributed by atoms with E-state index in [2.05, 4.69) is 22.4 Å². The largest absolute Gasteiger partial charge is 0.411 e. The first-order valence-electron chi connectivity index (χ1n) is 8.33. The molecule has 0 saturated heterocycles. The summed E-state index contributed by atoms with van der Waals surface area (Å²) >= 11 is 1.23. The fraction of sp³-hybridized carbons (Fsp3) is 0.250. The van der Waals surface area contributed by atoms with Crippen molar-refractivity contribution in [3.05, 3.63) is 58.7 Å². The number of aryl methyl sites for hydroxylation is 4. The predicted octanol–water partition coefficient (Wildman–Crippen LogP) is 4.70. The van der Waals surface area contributed by atoms with Crippen LogP contribution in [0, 0.1) is 27.7 Å². The third-order valence-electron chi connectivity index (χ3n) is 4.14. The molecule has 0 atom stereocenters. The molecule has 0 fully saturated rings. The number of amides is 1. The summed E-state index contributed by atoms with van der Waals surface area (Å²) in [5.41, 5.74) is 6.29. The summed E-state index contributed by atoms with van der Waals surface area (Å²) < 4.78 is 5.67. The molecule has 1 aromatic heterocycles. The lowest BCUT2D eigenvalue weighted by Crippen LogP contribution is -2.14. The Morgan fingerprint density at radius 2 is 1.81 bits per heavy atom. The van der Waals surface area contributed by atoms with Crippen molar-refractivity contribution in [2.75, 3.05) is 11.1 Å². The minimum atomic E-state index is -0.104. The van der Waals surface area contributed by atoms with Crippen LogP contribution in [0.15, 0.2) is 46.0 Å². The van der Waals surface area contributed by atoms with Crippen molar-refractivity contribution in [1.82, 2.24) is 10.2 Å². The Hall–Kier alpha value is -2.60. The number of carbonyl (C=O) groups is 1. The molecule has 5 nitrogen and oxygen atoms in total. The van der Waals surface area contributed by atoms with Crippen LogP contribution in [0.3, 0.4) is 0 Å². The summed E-state index contributed by atoms with van der Waals surface area (Å²) in [4.78, 5) is 12.2. The van der Waals surface area contributed by atoms with Gasteiger partial charge < -0.3 is 9.73 Å². The molecular weight excluding hydrogens is 346 g/mol. The fourth-order valence-electron chi connectivity index (χ4n) is 2.53. The van der Waals surface area contributed by atoms with Gasteiger partial charge in [-0.1, -0.05) is 35.5 Å². The third-order valence-corrected chi connectivity index (χ3v) is 4.96. The molecule has 0 bridgehead atoms. The van der Waals surface area contributed by atoms with E-state index in [1.54, 1.807) is 0 Å². The lowest BCUT2D eigenvalue weighted by atomic mass is 10.1. The molecule has 1 heterocycles. The second kappa shape index (κ2) is 7.74. The van der Waals surface area contributed by atoms with Gasteiger partial charge in [-0.25, -0.2) is 0 Å². The van der Waals surface area contributed by atoms with Gasteiger partial charge in [-0.2, -0.15) is 0 Å². The summed E-state index contributed by atoms with van der Waals surface area (Å²) in [7, 11) is 0. The van der Waals surface area contributed by atoms with E-state index in [1.807, 2.05) is 57.2 Å². The van der Waals surface area contributed by atoms with Crippen LogP contribution in [0.4, 0.5) is 5.69 Å². The number of anilines is 1. The van der Waals surface area contributed by atoms with Crippen molar-refractivity contribution >= 4 is 23.4 Å². The highest BCUT2D eigenvalue weighted by molar-refractivity contribution is 7.99. The first-order valence-corrected chi connectivity index (χ1v) is 9.32. The number of carbonyl (C=O) groups excluding carboxylic acids is 1. The number of thioether (sulfide) groups is 1. The molecule has 134 valence electrons. The van der Waals surface area contributed by atoms with Crippen LogP contribution in [0.2, 0.25) is 0 Å². The Balaban J connectivity index is 1.60. The minimum absolute atomic E-state index is 0.104. The molecule has 0 aliphatic rings. The summed E-state index contributed by atoms with van der Waals surface area (Å²) in [6.45, 7) is 8.10. The highest BCUT2D eigenvalue weighted by atomic mass is 32.2. The summed E-state index contributed by atoms with van der Waals surface area (Å²) in [5, 5.41) is 11.4. The topological polar surface area (TPSA) is 68.0 Å². The molecular formula is C20H21N3O2S. The van der Waals surface area contributed by atoms with Crippen molar-refractivity contribution in [2.24, 2.45) is 0 Å². The van der Waals surface area contributed by atoms with E-state index in [9.17, 15) is 4.79 Å². The van der Waals surface area contributed by atoms with Crippen LogP contribution in [0.25, 0.3) is 11.5 Å². The van der Waals surface area contributed by atoms with Gasteiger partial charge in [0.25, 0.3) is 5.22 Å². The van der Waals surface area contributed by atoms with E-state index in [4.69, 9.17) is 4.42 Å². The van der Waals surface area contributed by atoms with Crippen molar-refractivity contribution < 1.29 is 9.21 Å². The van der Waals surface area contributed by atoms with Crippen molar-refractivity contribution in [3.8, 4) is 11.5 Å². The van der Waals surface area contributed by atoms with Crippen LogP contribution >= 0.6 is 11.8 Å². The van der Waals surface area contributed by atoms with E-state index in [0.29, 0.717) is 11.1 Å². The zero-order chi connectivity index (χ0) is 18.7. The Bertz CT molecular complexity index is 950. The van der Waals surface area contributed by atoms with E-state index in [0.717, 1.165) is 16.8 Å². The van der Waals surface area contributed by atoms with Crippen molar-refractivity contribution in [1.29, 1.82) is 0 Å².